The predicted octanol–water partition coefficient (Wildman–Crippen LogP) is 0.881. The molecular formula is C10H17N3O3S2. The standard InChI is InChI=1S/C10H17N3O3S2/c1-7-8(17-9(11)13-7)18(14,15)12-6-10(16-2)4-3-5-10/h12H,3-6H2,1-2H3,(H2,11,13). The maximum atomic E-state index is 12.1. The third kappa shape index (κ3) is 2.51. The Kier molecular flexibility index (Phi) is 3.63. The van der Waals surface area contributed by atoms with E-state index in [4.69, 9.17) is 10.5 Å². The highest BCUT2D eigenvalue weighted by molar-refractivity contribution is 7.91. The fourth-order valence-electron chi connectivity index (χ4n) is 1.97. The second-order valence-electron chi connectivity index (χ2n) is 4.49. The van der Waals surface area contributed by atoms with E-state index in [-0.39, 0.29) is 14.9 Å². The van der Waals surface area contributed by atoms with Crippen LogP contribution in [0.5, 0.6) is 0 Å². The molecular weight excluding hydrogens is 274 g/mol. The Morgan fingerprint density at radius 3 is 2.61 bits per heavy atom. The summed E-state index contributed by atoms with van der Waals surface area (Å²) in [6, 6.07) is 0. The molecule has 1 saturated carbocycles. The fourth-order valence-corrected chi connectivity index (χ4v) is 4.42. The zero-order valence-corrected chi connectivity index (χ0v) is 12.0. The number of nitrogens with two attached hydrogens (primary N) is 1. The van der Waals surface area contributed by atoms with Gasteiger partial charge in [0.05, 0.1) is 11.3 Å². The van der Waals surface area contributed by atoms with E-state index in [2.05, 4.69) is 9.71 Å². The molecule has 1 fully saturated rings. The lowest BCUT2D eigenvalue weighted by atomic mass is 9.80. The number of nitrogen functional groups attached to an aromatic ring is 1. The number of nitrogens with one attached hydrogen (secondary N) is 1. The molecule has 1 heterocycles. The number of rotatable bonds is 5. The molecule has 1 aliphatic carbocycles. The van der Waals surface area contributed by atoms with Gasteiger partial charge in [-0.15, -0.1) is 0 Å². The van der Waals surface area contributed by atoms with Crippen LogP contribution in [-0.2, 0) is 14.8 Å². The van der Waals surface area contributed by atoms with Crippen molar-refractivity contribution in [3.05, 3.63) is 5.69 Å². The Morgan fingerprint density at radius 1 is 1.56 bits per heavy atom. The second kappa shape index (κ2) is 4.76. The van der Waals surface area contributed by atoms with Crippen molar-refractivity contribution in [2.24, 2.45) is 0 Å². The molecule has 6 nitrogen and oxygen atoms in total. The minimum Gasteiger partial charge on any atom is -0.377 e. The highest BCUT2D eigenvalue weighted by atomic mass is 32.2. The first-order valence-electron chi connectivity index (χ1n) is 5.66. The normalized spacial score (nSPS) is 18.6. The van der Waals surface area contributed by atoms with Gasteiger partial charge < -0.3 is 10.5 Å². The Hall–Kier alpha value is -0.700. The number of thiazole rings is 1. The monoisotopic (exact) mass is 291 g/mol. The number of aromatic nitrogens is 1. The van der Waals surface area contributed by atoms with Crippen molar-refractivity contribution in [2.45, 2.75) is 36.0 Å². The van der Waals surface area contributed by atoms with Gasteiger partial charge in [-0.1, -0.05) is 11.3 Å². The molecule has 2 rings (SSSR count). The highest BCUT2D eigenvalue weighted by Crippen LogP contribution is 2.35. The lowest BCUT2D eigenvalue weighted by Gasteiger charge is -2.40. The number of sulfonamides is 1. The molecule has 1 aliphatic rings. The molecule has 0 atom stereocenters. The van der Waals surface area contributed by atoms with E-state index in [1.807, 2.05) is 0 Å². The van der Waals surface area contributed by atoms with Crippen molar-refractivity contribution in [3.8, 4) is 0 Å². The third-order valence-corrected chi connectivity index (χ3v) is 6.29. The summed E-state index contributed by atoms with van der Waals surface area (Å²) in [5.41, 5.74) is 5.61. The maximum Gasteiger partial charge on any atom is 0.252 e. The molecule has 0 aromatic carbocycles. The number of hydrogen-bond donors (Lipinski definition) is 2. The fraction of sp³-hybridized carbons (Fsp3) is 0.700. The van der Waals surface area contributed by atoms with Gasteiger partial charge in [-0.2, -0.15) is 0 Å². The van der Waals surface area contributed by atoms with Crippen molar-refractivity contribution in [1.82, 2.24) is 9.71 Å². The van der Waals surface area contributed by atoms with Crippen molar-refractivity contribution in [1.29, 1.82) is 0 Å². The average molecular weight is 291 g/mol. The van der Waals surface area contributed by atoms with Crippen molar-refractivity contribution >= 4 is 26.5 Å². The molecule has 0 radical (unpaired) electrons. The molecule has 0 unspecified atom stereocenters. The molecule has 102 valence electrons. The Morgan fingerprint density at radius 2 is 2.22 bits per heavy atom. The van der Waals surface area contributed by atoms with E-state index in [1.54, 1.807) is 14.0 Å². The van der Waals surface area contributed by atoms with Crippen LogP contribution in [0.3, 0.4) is 0 Å². The van der Waals surface area contributed by atoms with Gasteiger partial charge in [0, 0.05) is 13.7 Å². The van der Waals surface area contributed by atoms with Gasteiger partial charge in [0.15, 0.2) is 9.34 Å². The summed E-state index contributed by atoms with van der Waals surface area (Å²) in [5.74, 6) is 0. The Bertz CT molecular complexity index is 529. The SMILES string of the molecule is COC1(CNS(=O)(=O)c2sc(N)nc2C)CCC1. The van der Waals surface area contributed by atoms with Gasteiger partial charge >= 0.3 is 0 Å². The molecule has 0 saturated heterocycles. The van der Waals surface area contributed by atoms with Gasteiger partial charge in [-0.05, 0) is 26.2 Å². The van der Waals surface area contributed by atoms with Gasteiger partial charge in [0.1, 0.15) is 0 Å². The number of methoxy groups -OCH3 is 1. The summed E-state index contributed by atoms with van der Waals surface area (Å²) in [6.07, 6.45) is 2.84. The zero-order valence-electron chi connectivity index (χ0n) is 10.4. The van der Waals surface area contributed by atoms with Crippen LogP contribution in [0.1, 0.15) is 25.0 Å². The van der Waals surface area contributed by atoms with Crippen molar-refractivity contribution in [2.75, 3.05) is 19.4 Å². The van der Waals surface area contributed by atoms with E-state index in [0.29, 0.717) is 12.2 Å². The summed E-state index contributed by atoms with van der Waals surface area (Å²) >= 11 is 0.980. The van der Waals surface area contributed by atoms with Crippen LogP contribution in [0.2, 0.25) is 0 Å². The van der Waals surface area contributed by atoms with Crippen LogP contribution in [0.15, 0.2) is 4.21 Å². The van der Waals surface area contributed by atoms with E-state index in [1.165, 1.54) is 0 Å². The second-order valence-corrected chi connectivity index (χ2v) is 7.48. The first kappa shape index (κ1) is 13.7. The van der Waals surface area contributed by atoms with Crippen LogP contribution < -0.4 is 10.5 Å². The Labute approximate surface area is 111 Å². The number of anilines is 1. The van der Waals surface area contributed by atoms with Crippen LogP contribution in [0.25, 0.3) is 0 Å². The predicted molar refractivity (Wildman–Crippen MR) is 70.0 cm³/mol. The zero-order chi connectivity index (χ0) is 13.4. The minimum absolute atomic E-state index is 0.186. The topological polar surface area (TPSA) is 94.3 Å². The van der Waals surface area contributed by atoms with E-state index < -0.39 is 10.0 Å². The Balaban J connectivity index is 2.10. The number of nitrogens with zero attached hydrogens (tertiary/aromatic N) is 1. The lowest BCUT2D eigenvalue weighted by molar-refractivity contribution is -0.0659. The number of aryl methyl sites for hydroxylation is 1. The van der Waals surface area contributed by atoms with Crippen LogP contribution in [0.4, 0.5) is 5.13 Å². The molecule has 8 heteroatoms. The van der Waals surface area contributed by atoms with Crippen molar-refractivity contribution in [3.63, 3.8) is 0 Å². The quantitative estimate of drug-likeness (QED) is 0.840. The molecule has 3 N–H and O–H groups in total. The van der Waals surface area contributed by atoms with Crippen LogP contribution >= 0.6 is 11.3 Å². The summed E-state index contributed by atoms with van der Waals surface area (Å²) < 4.78 is 32.4. The molecule has 0 bridgehead atoms. The van der Waals surface area contributed by atoms with Gasteiger partial charge in [-0.3, -0.25) is 0 Å². The molecule has 18 heavy (non-hydrogen) atoms. The van der Waals surface area contributed by atoms with Gasteiger partial charge in [0.2, 0.25) is 0 Å². The molecule has 0 spiro atoms. The summed E-state index contributed by atoms with van der Waals surface area (Å²) in [6.45, 7) is 1.93. The highest BCUT2D eigenvalue weighted by Gasteiger charge is 2.38. The smallest absolute Gasteiger partial charge is 0.252 e. The lowest BCUT2D eigenvalue weighted by Crippen LogP contribution is -2.49. The molecule has 0 amide bonds. The number of hydrogen-bond acceptors (Lipinski definition) is 6. The third-order valence-electron chi connectivity index (χ3n) is 3.30. The summed E-state index contributed by atoms with van der Waals surface area (Å²) in [7, 11) is -1.93. The van der Waals surface area contributed by atoms with Crippen molar-refractivity contribution < 1.29 is 13.2 Å². The maximum absolute atomic E-state index is 12.1. The van der Waals surface area contributed by atoms with Crippen LogP contribution in [-0.4, -0.2) is 32.7 Å². The molecule has 1 aromatic heterocycles. The molecule has 0 aliphatic heterocycles. The largest absolute Gasteiger partial charge is 0.377 e. The molecule has 1 aromatic rings. The summed E-state index contributed by atoms with van der Waals surface area (Å²) in [5, 5.41) is 0.262. The first-order valence-corrected chi connectivity index (χ1v) is 7.96. The first-order chi connectivity index (χ1) is 8.38. The van der Waals surface area contributed by atoms with Crippen LogP contribution in [0, 0.1) is 6.92 Å². The summed E-state index contributed by atoms with van der Waals surface area (Å²) in [4.78, 5) is 3.92. The number of ether oxygens (including phenoxy) is 1. The van der Waals surface area contributed by atoms with Gasteiger partial charge in [0.25, 0.3) is 10.0 Å². The average Bonchev–Trinajstić information content (AvgIpc) is 2.57. The van der Waals surface area contributed by atoms with E-state index >= 15 is 0 Å². The van der Waals surface area contributed by atoms with E-state index in [0.717, 1.165) is 30.6 Å². The van der Waals surface area contributed by atoms with Gasteiger partial charge in [-0.25, -0.2) is 18.1 Å². The van der Waals surface area contributed by atoms with E-state index in [9.17, 15) is 8.42 Å². The minimum atomic E-state index is -3.54.